The van der Waals surface area contributed by atoms with Crippen molar-refractivity contribution in [2.75, 3.05) is 5.32 Å². The van der Waals surface area contributed by atoms with Crippen LogP contribution >= 0.6 is 0 Å². The number of hydrogen-bond acceptors (Lipinski definition) is 5. The molecule has 0 saturated heterocycles. The van der Waals surface area contributed by atoms with Crippen LogP contribution < -0.4 is 10.6 Å². The van der Waals surface area contributed by atoms with Gasteiger partial charge in [0, 0.05) is 36.3 Å². The van der Waals surface area contributed by atoms with E-state index >= 15 is 0 Å². The van der Waals surface area contributed by atoms with Gasteiger partial charge in [0.25, 0.3) is 11.6 Å². The van der Waals surface area contributed by atoms with Crippen LogP contribution in [0.2, 0.25) is 0 Å². The molecule has 2 amide bonds. The Labute approximate surface area is 170 Å². The van der Waals surface area contributed by atoms with E-state index in [2.05, 4.69) is 15.7 Å². The molecule has 0 bridgehead atoms. The van der Waals surface area contributed by atoms with E-state index < -0.39 is 22.3 Å². The fraction of sp³-hybridized carbons (Fsp3) is 0.150. The summed E-state index contributed by atoms with van der Waals surface area (Å²) in [5.74, 6) is -1.73. The summed E-state index contributed by atoms with van der Waals surface area (Å²) in [6.45, 7) is 1.43. The molecule has 10 heteroatoms. The maximum Gasteiger partial charge on any atom is 0.276 e. The van der Waals surface area contributed by atoms with Gasteiger partial charge in [-0.2, -0.15) is 5.10 Å². The Hall–Kier alpha value is -4.08. The second-order valence-corrected chi connectivity index (χ2v) is 6.49. The Kier molecular flexibility index (Phi) is 6.16. The molecule has 0 saturated carbocycles. The number of aromatic nitrogens is 2. The first-order valence-electron chi connectivity index (χ1n) is 8.92. The number of benzene rings is 2. The number of hydrogen-bond donors (Lipinski definition) is 2. The van der Waals surface area contributed by atoms with Gasteiger partial charge in [0.2, 0.25) is 5.91 Å². The normalized spacial score (nSPS) is 10.5. The average Bonchev–Trinajstić information content (AvgIpc) is 3.21. The fourth-order valence-electron chi connectivity index (χ4n) is 2.77. The van der Waals surface area contributed by atoms with Gasteiger partial charge in [0.05, 0.1) is 10.5 Å². The zero-order valence-electron chi connectivity index (χ0n) is 16.0. The van der Waals surface area contributed by atoms with Crippen LogP contribution in [0.5, 0.6) is 0 Å². The molecule has 154 valence electrons. The van der Waals surface area contributed by atoms with Crippen LogP contribution in [0.15, 0.2) is 54.9 Å². The van der Waals surface area contributed by atoms with Gasteiger partial charge in [0.1, 0.15) is 12.4 Å². The van der Waals surface area contributed by atoms with E-state index in [-0.39, 0.29) is 30.1 Å². The quantitative estimate of drug-likeness (QED) is 0.458. The van der Waals surface area contributed by atoms with E-state index in [0.29, 0.717) is 11.3 Å². The minimum Gasteiger partial charge on any atom is -0.348 e. The summed E-state index contributed by atoms with van der Waals surface area (Å²) in [4.78, 5) is 34.7. The van der Waals surface area contributed by atoms with E-state index in [0.717, 1.165) is 12.1 Å². The van der Waals surface area contributed by atoms with E-state index in [9.17, 15) is 24.1 Å². The second-order valence-electron chi connectivity index (χ2n) is 6.49. The van der Waals surface area contributed by atoms with Crippen molar-refractivity contribution in [2.24, 2.45) is 0 Å². The molecule has 0 aliphatic rings. The van der Waals surface area contributed by atoms with Crippen molar-refractivity contribution in [3.8, 4) is 0 Å². The van der Waals surface area contributed by atoms with Crippen molar-refractivity contribution in [3.63, 3.8) is 0 Å². The third-order valence-electron chi connectivity index (χ3n) is 4.30. The van der Waals surface area contributed by atoms with Gasteiger partial charge in [-0.05, 0) is 36.8 Å². The number of nitrogens with zero attached hydrogens (tertiary/aromatic N) is 3. The number of nitrogens with one attached hydrogen (secondary N) is 2. The molecule has 1 aromatic heterocycles. The number of carbonyl (C=O) groups is 2. The second kappa shape index (κ2) is 8.95. The standard InChI is InChI=1S/C20H18FN5O4/c1-13-17(21)9-15(10-18(13)26(29)30)20(28)22-11-14-4-2-5-16(8-14)24-19(27)12-25-7-3-6-23-25/h2-10H,11-12H2,1H3,(H,22,28)(H,24,27). The van der Waals surface area contributed by atoms with Gasteiger partial charge in [-0.25, -0.2) is 4.39 Å². The fourth-order valence-corrected chi connectivity index (χ4v) is 2.77. The minimum atomic E-state index is -0.823. The van der Waals surface area contributed by atoms with Crippen molar-refractivity contribution in [1.29, 1.82) is 0 Å². The van der Waals surface area contributed by atoms with Crippen LogP contribution in [0.4, 0.5) is 15.8 Å². The molecule has 0 aliphatic heterocycles. The molecular weight excluding hydrogens is 393 g/mol. The van der Waals surface area contributed by atoms with E-state index in [1.54, 1.807) is 42.7 Å². The molecule has 0 spiro atoms. The van der Waals surface area contributed by atoms with Gasteiger partial charge in [-0.15, -0.1) is 0 Å². The molecule has 0 atom stereocenters. The van der Waals surface area contributed by atoms with Gasteiger partial charge in [0.15, 0.2) is 0 Å². The molecule has 30 heavy (non-hydrogen) atoms. The average molecular weight is 411 g/mol. The SMILES string of the molecule is Cc1c(F)cc(C(=O)NCc2cccc(NC(=O)Cn3cccn3)c2)cc1[N+](=O)[O-]. The van der Waals surface area contributed by atoms with Crippen LogP contribution in [0.3, 0.4) is 0 Å². The highest BCUT2D eigenvalue weighted by atomic mass is 19.1. The summed E-state index contributed by atoms with van der Waals surface area (Å²) in [6.07, 6.45) is 3.24. The maximum atomic E-state index is 13.9. The van der Waals surface area contributed by atoms with Crippen LogP contribution in [0.1, 0.15) is 21.5 Å². The summed E-state index contributed by atoms with van der Waals surface area (Å²) in [7, 11) is 0. The van der Waals surface area contributed by atoms with Crippen molar-refractivity contribution in [2.45, 2.75) is 20.0 Å². The first-order chi connectivity index (χ1) is 14.3. The van der Waals surface area contributed by atoms with Crippen molar-refractivity contribution in [3.05, 3.63) is 87.5 Å². The number of nitro groups is 1. The molecule has 3 aromatic rings. The number of anilines is 1. The summed E-state index contributed by atoms with van der Waals surface area (Å²) in [6, 6.07) is 10.5. The molecule has 2 N–H and O–H groups in total. The van der Waals surface area contributed by atoms with E-state index in [4.69, 9.17) is 0 Å². The summed E-state index contributed by atoms with van der Waals surface area (Å²) in [5, 5.41) is 20.3. The topological polar surface area (TPSA) is 119 Å². The lowest BCUT2D eigenvalue weighted by Gasteiger charge is -2.09. The Balaban J connectivity index is 1.63. The highest BCUT2D eigenvalue weighted by Gasteiger charge is 2.19. The third-order valence-corrected chi connectivity index (χ3v) is 4.30. The summed E-state index contributed by atoms with van der Waals surface area (Å²) >= 11 is 0. The Morgan fingerprint density at radius 3 is 2.73 bits per heavy atom. The third kappa shape index (κ3) is 5.04. The zero-order chi connectivity index (χ0) is 21.7. The van der Waals surface area contributed by atoms with Gasteiger partial charge in [-0.1, -0.05) is 12.1 Å². The Morgan fingerprint density at radius 1 is 1.23 bits per heavy atom. The zero-order valence-corrected chi connectivity index (χ0v) is 16.0. The summed E-state index contributed by atoms with van der Waals surface area (Å²) in [5.41, 5.74) is 0.490. The predicted molar refractivity (Wildman–Crippen MR) is 106 cm³/mol. The highest BCUT2D eigenvalue weighted by Crippen LogP contribution is 2.23. The number of carbonyl (C=O) groups excluding carboxylic acids is 2. The van der Waals surface area contributed by atoms with Gasteiger partial charge >= 0.3 is 0 Å². The molecular formula is C20H18FN5O4. The molecule has 1 heterocycles. The number of halogens is 1. The lowest BCUT2D eigenvalue weighted by molar-refractivity contribution is -0.385. The molecule has 0 unspecified atom stereocenters. The molecule has 9 nitrogen and oxygen atoms in total. The van der Waals surface area contributed by atoms with Crippen LogP contribution in [-0.2, 0) is 17.9 Å². The minimum absolute atomic E-state index is 0.0612. The Morgan fingerprint density at radius 2 is 2.03 bits per heavy atom. The molecule has 3 rings (SSSR count). The number of amides is 2. The van der Waals surface area contributed by atoms with Crippen LogP contribution in [-0.4, -0.2) is 26.5 Å². The van der Waals surface area contributed by atoms with Gasteiger partial charge in [-0.3, -0.25) is 24.4 Å². The number of nitro benzene ring substituents is 1. The lowest BCUT2D eigenvalue weighted by Crippen LogP contribution is -2.23. The maximum absolute atomic E-state index is 13.9. The largest absolute Gasteiger partial charge is 0.348 e. The molecule has 2 aromatic carbocycles. The summed E-state index contributed by atoms with van der Waals surface area (Å²) < 4.78 is 15.4. The molecule has 0 aliphatic carbocycles. The van der Waals surface area contributed by atoms with E-state index in [1.165, 1.54) is 11.6 Å². The van der Waals surface area contributed by atoms with Crippen LogP contribution in [0.25, 0.3) is 0 Å². The molecule has 0 fully saturated rings. The van der Waals surface area contributed by atoms with Crippen molar-refractivity contribution >= 4 is 23.2 Å². The van der Waals surface area contributed by atoms with Crippen molar-refractivity contribution in [1.82, 2.24) is 15.1 Å². The van der Waals surface area contributed by atoms with Gasteiger partial charge < -0.3 is 10.6 Å². The van der Waals surface area contributed by atoms with E-state index in [1.807, 2.05) is 0 Å². The monoisotopic (exact) mass is 411 g/mol. The Bertz CT molecular complexity index is 1100. The first kappa shape index (κ1) is 20.6. The highest BCUT2D eigenvalue weighted by molar-refractivity contribution is 5.95. The van der Waals surface area contributed by atoms with Crippen LogP contribution in [0, 0.1) is 22.9 Å². The number of rotatable bonds is 7. The molecule has 0 radical (unpaired) electrons. The smallest absolute Gasteiger partial charge is 0.276 e. The lowest BCUT2D eigenvalue weighted by atomic mass is 10.1. The predicted octanol–water partition coefficient (Wildman–Crippen LogP) is 2.81. The first-order valence-corrected chi connectivity index (χ1v) is 8.92. The van der Waals surface area contributed by atoms with Crippen molar-refractivity contribution < 1.29 is 18.9 Å².